The molecule has 2 aromatic rings. The summed E-state index contributed by atoms with van der Waals surface area (Å²) in [5, 5.41) is 19.4. The highest BCUT2D eigenvalue weighted by atomic mass is 32.2. The van der Waals surface area contributed by atoms with Crippen LogP contribution in [0, 0.1) is 10.1 Å². The third kappa shape index (κ3) is 4.93. The van der Waals surface area contributed by atoms with Crippen molar-refractivity contribution in [3.8, 4) is 0 Å². The smallest absolute Gasteiger partial charge is 0.293 e. The van der Waals surface area contributed by atoms with Crippen LogP contribution in [0.1, 0.15) is 28.9 Å². The average Bonchev–Trinajstić information content (AvgIpc) is 2.73. The molecule has 1 aliphatic rings. The van der Waals surface area contributed by atoms with Gasteiger partial charge in [0.15, 0.2) is 0 Å². The minimum absolute atomic E-state index is 0.0286. The van der Waals surface area contributed by atoms with Crippen molar-refractivity contribution in [3.05, 3.63) is 63.7 Å². The fraction of sp³-hybridized carbons (Fsp3) is 0.316. The van der Waals surface area contributed by atoms with Gasteiger partial charge in [0.05, 0.1) is 29.1 Å². The first-order valence-electron chi connectivity index (χ1n) is 9.21. The summed E-state index contributed by atoms with van der Waals surface area (Å²) in [6.45, 7) is 3.78. The first-order chi connectivity index (χ1) is 14.2. The van der Waals surface area contributed by atoms with Gasteiger partial charge in [-0.05, 0) is 36.8 Å². The summed E-state index contributed by atoms with van der Waals surface area (Å²) in [5.74, 6) is -0.477. The molecule has 0 spiro atoms. The number of amides is 1. The lowest BCUT2D eigenvalue weighted by atomic mass is 10.1. The van der Waals surface area contributed by atoms with E-state index in [2.05, 4.69) is 5.32 Å². The molecule has 0 bridgehead atoms. The number of nitrogens with zero attached hydrogens (tertiary/aromatic N) is 2. The highest BCUT2D eigenvalue weighted by Crippen LogP contribution is 2.30. The number of nitro benzene ring substituents is 1. The summed E-state index contributed by atoms with van der Waals surface area (Å²) in [6.07, 6.45) is 0. The third-order valence-electron chi connectivity index (χ3n) is 4.84. The number of nitrogens with two attached hydrogens (primary N) is 1. The minimum Gasteiger partial charge on any atom is -0.378 e. The Morgan fingerprint density at radius 2 is 1.83 bits per heavy atom. The highest BCUT2D eigenvalue weighted by Gasteiger charge is 2.24. The van der Waals surface area contributed by atoms with E-state index in [4.69, 9.17) is 9.88 Å². The molecule has 0 aliphatic carbocycles. The van der Waals surface area contributed by atoms with Crippen LogP contribution in [0.3, 0.4) is 0 Å². The van der Waals surface area contributed by atoms with Crippen molar-refractivity contribution in [2.24, 2.45) is 5.14 Å². The number of morpholine rings is 1. The molecule has 1 atom stereocenters. The topological polar surface area (TPSA) is 145 Å². The molecular formula is C19H22N4O6S. The van der Waals surface area contributed by atoms with Crippen LogP contribution in [-0.2, 0) is 14.8 Å². The normalized spacial score (nSPS) is 15.5. The fourth-order valence-corrected chi connectivity index (χ4v) is 3.71. The van der Waals surface area contributed by atoms with E-state index in [0.717, 1.165) is 0 Å². The summed E-state index contributed by atoms with van der Waals surface area (Å²) in [6, 6.07) is 9.74. The van der Waals surface area contributed by atoms with Gasteiger partial charge in [-0.25, -0.2) is 13.6 Å². The predicted octanol–water partition coefficient (Wildman–Crippen LogP) is 1.57. The Kier molecular flexibility index (Phi) is 6.34. The number of hydrogen-bond donors (Lipinski definition) is 2. The number of nitro groups is 1. The number of ether oxygens (including phenoxy) is 1. The minimum atomic E-state index is -3.80. The van der Waals surface area contributed by atoms with E-state index in [0.29, 0.717) is 37.6 Å². The Bertz CT molecular complexity index is 1050. The molecule has 10 nitrogen and oxygen atoms in total. The molecule has 3 N–H and O–H groups in total. The molecular weight excluding hydrogens is 412 g/mol. The van der Waals surface area contributed by atoms with Crippen molar-refractivity contribution in [1.82, 2.24) is 5.32 Å². The lowest BCUT2D eigenvalue weighted by Crippen LogP contribution is -2.36. The number of carbonyl (C=O) groups excluding carboxylic acids is 1. The Hall–Kier alpha value is -3.02. The van der Waals surface area contributed by atoms with Crippen LogP contribution >= 0.6 is 0 Å². The summed E-state index contributed by atoms with van der Waals surface area (Å²) in [4.78, 5) is 25.5. The van der Waals surface area contributed by atoms with Crippen molar-refractivity contribution in [1.29, 1.82) is 0 Å². The van der Waals surface area contributed by atoms with Crippen molar-refractivity contribution in [2.75, 3.05) is 31.2 Å². The highest BCUT2D eigenvalue weighted by molar-refractivity contribution is 7.89. The van der Waals surface area contributed by atoms with Crippen LogP contribution in [0.5, 0.6) is 0 Å². The van der Waals surface area contributed by atoms with E-state index < -0.39 is 26.9 Å². The van der Waals surface area contributed by atoms with Gasteiger partial charge in [-0.1, -0.05) is 12.1 Å². The van der Waals surface area contributed by atoms with Gasteiger partial charge in [0.25, 0.3) is 11.6 Å². The Morgan fingerprint density at radius 1 is 1.20 bits per heavy atom. The Balaban J connectivity index is 1.77. The SMILES string of the molecule is C[C@H](NC(=O)c1ccc(N2CCOCC2)c([N+](=O)[O-])c1)c1ccc(S(N)(=O)=O)cc1. The van der Waals surface area contributed by atoms with Crippen molar-refractivity contribution in [2.45, 2.75) is 17.9 Å². The number of rotatable bonds is 6. The average molecular weight is 434 g/mol. The van der Waals surface area contributed by atoms with Gasteiger partial charge in [-0.2, -0.15) is 0 Å². The second kappa shape index (κ2) is 8.78. The second-order valence-electron chi connectivity index (χ2n) is 6.87. The summed E-state index contributed by atoms with van der Waals surface area (Å²) in [5.41, 5.74) is 1.13. The quantitative estimate of drug-likeness (QED) is 0.518. The van der Waals surface area contributed by atoms with Crippen LogP contribution in [0.2, 0.25) is 0 Å². The van der Waals surface area contributed by atoms with Gasteiger partial charge in [-0.15, -0.1) is 0 Å². The molecule has 1 heterocycles. The van der Waals surface area contributed by atoms with E-state index in [1.54, 1.807) is 31.2 Å². The van der Waals surface area contributed by atoms with Crippen molar-refractivity contribution >= 4 is 27.3 Å². The maximum absolute atomic E-state index is 12.6. The van der Waals surface area contributed by atoms with E-state index in [-0.39, 0.29) is 16.1 Å². The standard InChI is InChI=1S/C19H22N4O6S/c1-13(14-2-5-16(6-3-14)30(20,27)28)21-19(24)15-4-7-17(18(12-15)23(25)26)22-8-10-29-11-9-22/h2-7,12-13H,8-11H2,1H3,(H,21,24)(H2,20,27,28)/t13-/m0/s1. The van der Waals surface area contributed by atoms with Gasteiger partial charge >= 0.3 is 0 Å². The third-order valence-corrected chi connectivity index (χ3v) is 5.77. The van der Waals surface area contributed by atoms with E-state index in [9.17, 15) is 23.3 Å². The zero-order valence-corrected chi connectivity index (χ0v) is 17.1. The Morgan fingerprint density at radius 3 is 2.40 bits per heavy atom. The van der Waals surface area contributed by atoms with Crippen molar-refractivity contribution in [3.63, 3.8) is 0 Å². The molecule has 0 saturated carbocycles. The molecule has 2 aromatic carbocycles. The van der Waals surface area contributed by atoms with Gasteiger partial charge in [-0.3, -0.25) is 14.9 Å². The fourth-order valence-electron chi connectivity index (χ4n) is 3.19. The van der Waals surface area contributed by atoms with Gasteiger partial charge < -0.3 is 15.0 Å². The molecule has 0 radical (unpaired) electrons. The number of sulfonamides is 1. The monoisotopic (exact) mass is 434 g/mol. The molecule has 1 saturated heterocycles. The van der Waals surface area contributed by atoms with E-state index in [1.165, 1.54) is 18.2 Å². The number of anilines is 1. The van der Waals surface area contributed by atoms with Crippen LogP contribution in [0.25, 0.3) is 0 Å². The van der Waals surface area contributed by atoms with Crippen molar-refractivity contribution < 1.29 is 22.9 Å². The van der Waals surface area contributed by atoms with Crippen LogP contribution in [0.4, 0.5) is 11.4 Å². The first kappa shape index (κ1) is 21.7. The molecule has 1 aliphatic heterocycles. The van der Waals surface area contributed by atoms with Gasteiger partial charge in [0, 0.05) is 24.7 Å². The van der Waals surface area contributed by atoms with E-state index in [1.807, 2.05) is 4.90 Å². The summed E-state index contributed by atoms with van der Waals surface area (Å²) >= 11 is 0. The number of nitrogens with one attached hydrogen (secondary N) is 1. The number of carbonyl (C=O) groups is 1. The molecule has 11 heteroatoms. The van der Waals surface area contributed by atoms with Crippen LogP contribution < -0.4 is 15.4 Å². The summed E-state index contributed by atoms with van der Waals surface area (Å²) in [7, 11) is -3.80. The van der Waals surface area contributed by atoms with Gasteiger partial charge in [0.2, 0.25) is 10.0 Å². The van der Waals surface area contributed by atoms with Crippen LogP contribution in [0.15, 0.2) is 47.4 Å². The second-order valence-corrected chi connectivity index (χ2v) is 8.43. The number of hydrogen-bond acceptors (Lipinski definition) is 7. The van der Waals surface area contributed by atoms with Crippen LogP contribution in [-0.4, -0.2) is 45.6 Å². The predicted molar refractivity (Wildman–Crippen MR) is 110 cm³/mol. The zero-order valence-electron chi connectivity index (χ0n) is 16.3. The molecule has 0 aromatic heterocycles. The first-order valence-corrected chi connectivity index (χ1v) is 10.8. The van der Waals surface area contributed by atoms with Gasteiger partial charge in [0.1, 0.15) is 5.69 Å². The largest absolute Gasteiger partial charge is 0.378 e. The summed E-state index contributed by atoms with van der Waals surface area (Å²) < 4.78 is 28.0. The molecule has 1 amide bonds. The lowest BCUT2D eigenvalue weighted by Gasteiger charge is -2.28. The molecule has 30 heavy (non-hydrogen) atoms. The number of benzene rings is 2. The molecule has 1 fully saturated rings. The Labute approximate surface area is 173 Å². The maximum Gasteiger partial charge on any atom is 0.293 e. The lowest BCUT2D eigenvalue weighted by molar-refractivity contribution is -0.384. The maximum atomic E-state index is 12.6. The molecule has 0 unspecified atom stereocenters. The van der Waals surface area contributed by atoms with E-state index >= 15 is 0 Å². The molecule has 160 valence electrons. The zero-order chi connectivity index (χ0) is 21.9. The molecule has 3 rings (SSSR count). The number of primary sulfonamides is 1.